The van der Waals surface area contributed by atoms with Gasteiger partial charge < -0.3 is 10.2 Å². The second-order valence-electron chi connectivity index (χ2n) is 4.66. The molecule has 1 N–H and O–H groups in total. The summed E-state index contributed by atoms with van der Waals surface area (Å²) in [5.41, 5.74) is 1.26. The molecule has 1 saturated heterocycles. The van der Waals surface area contributed by atoms with Gasteiger partial charge in [0.1, 0.15) is 5.82 Å². The lowest BCUT2D eigenvalue weighted by Gasteiger charge is -2.27. The summed E-state index contributed by atoms with van der Waals surface area (Å²) in [5, 5.41) is 3.40. The van der Waals surface area contributed by atoms with Crippen LogP contribution in [0.4, 0.5) is 5.82 Å². The van der Waals surface area contributed by atoms with E-state index in [1.165, 1.54) is 17.1 Å². The number of nitrogens with zero attached hydrogens (tertiary/aromatic N) is 2. The average molecular weight is 251 g/mol. The van der Waals surface area contributed by atoms with E-state index in [1.807, 2.05) is 18.0 Å². The van der Waals surface area contributed by atoms with Gasteiger partial charge in [-0.2, -0.15) is 11.8 Å². The van der Waals surface area contributed by atoms with Gasteiger partial charge in [0, 0.05) is 43.4 Å². The van der Waals surface area contributed by atoms with Gasteiger partial charge in [0.15, 0.2) is 0 Å². The molecular weight excluding hydrogens is 230 g/mol. The van der Waals surface area contributed by atoms with E-state index >= 15 is 0 Å². The topological polar surface area (TPSA) is 28.2 Å². The summed E-state index contributed by atoms with van der Waals surface area (Å²) in [6.45, 7) is 7.48. The molecule has 0 atom stereocenters. The Bertz CT molecular complexity index is 331. The van der Waals surface area contributed by atoms with E-state index in [-0.39, 0.29) is 0 Å². The number of pyridine rings is 1. The van der Waals surface area contributed by atoms with Crippen molar-refractivity contribution in [3.8, 4) is 0 Å². The lowest BCUT2D eigenvalue weighted by molar-refractivity contribution is 0.588. The van der Waals surface area contributed by atoms with Gasteiger partial charge in [-0.1, -0.05) is 19.9 Å². The van der Waals surface area contributed by atoms with E-state index in [4.69, 9.17) is 0 Å². The standard InChI is InChI=1S/C13H21N3S/c1-11(2)14-9-12-3-4-13(15-10-12)16-5-7-17-8-6-16/h3-4,10-11,14H,5-9H2,1-2H3. The molecule has 0 radical (unpaired) electrons. The van der Waals surface area contributed by atoms with E-state index < -0.39 is 0 Å². The molecule has 1 aliphatic rings. The van der Waals surface area contributed by atoms with Crippen molar-refractivity contribution in [1.29, 1.82) is 0 Å². The van der Waals surface area contributed by atoms with E-state index in [0.717, 1.165) is 25.5 Å². The first-order chi connectivity index (χ1) is 8.25. The van der Waals surface area contributed by atoms with Gasteiger partial charge in [-0.05, 0) is 11.6 Å². The fourth-order valence-corrected chi connectivity index (χ4v) is 2.73. The highest BCUT2D eigenvalue weighted by Gasteiger charge is 2.11. The van der Waals surface area contributed by atoms with Crippen molar-refractivity contribution in [3.05, 3.63) is 23.9 Å². The molecular formula is C13H21N3S. The second kappa shape index (κ2) is 6.26. The van der Waals surface area contributed by atoms with Crippen molar-refractivity contribution in [3.63, 3.8) is 0 Å². The Morgan fingerprint density at radius 1 is 1.35 bits per heavy atom. The van der Waals surface area contributed by atoms with Crippen molar-refractivity contribution in [2.24, 2.45) is 0 Å². The Balaban J connectivity index is 1.92. The number of anilines is 1. The number of aromatic nitrogens is 1. The van der Waals surface area contributed by atoms with Crippen LogP contribution in [0.3, 0.4) is 0 Å². The zero-order chi connectivity index (χ0) is 12.1. The first kappa shape index (κ1) is 12.7. The van der Waals surface area contributed by atoms with E-state index in [1.54, 1.807) is 0 Å². The largest absolute Gasteiger partial charge is 0.355 e. The summed E-state index contributed by atoms with van der Waals surface area (Å²) in [6, 6.07) is 4.85. The molecule has 0 bridgehead atoms. The molecule has 4 heteroatoms. The summed E-state index contributed by atoms with van der Waals surface area (Å²) in [5.74, 6) is 3.56. The van der Waals surface area contributed by atoms with Crippen molar-refractivity contribution in [2.75, 3.05) is 29.5 Å². The first-order valence-electron chi connectivity index (χ1n) is 6.27. The molecule has 94 valence electrons. The normalized spacial score (nSPS) is 16.5. The zero-order valence-corrected chi connectivity index (χ0v) is 11.5. The Hall–Kier alpha value is -0.740. The predicted octanol–water partition coefficient (Wildman–Crippen LogP) is 2.13. The van der Waals surface area contributed by atoms with Crippen LogP contribution < -0.4 is 10.2 Å². The average Bonchev–Trinajstić information content (AvgIpc) is 2.38. The molecule has 0 aliphatic carbocycles. The molecule has 17 heavy (non-hydrogen) atoms. The number of rotatable bonds is 4. The van der Waals surface area contributed by atoms with Crippen LogP contribution in [0, 0.1) is 0 Å². The van der Waals surface area contributed by atoms with Crippen LogP contribution in [-0.4, -0.2) is 35.6 Å². The van der Waals surface area contributed by atoms with Crippen LogP contribution in [0.15, 0.2) is 18.3 Å². The molecule has 0 spiro atoms. The Labute approximate surface area is 108 Å². The van der Waals surface area contributed by atoms with Gasteiger partial charge in [-0.3, -0.25) is 0 Å². The van der Waals surface area contributed by atoms with E-state index in [9.17, 15) is 0 Å². The zero-order valence-electron chi connectivity index (χ0n) is 10.6. The Kier molecular flexibility index (Phi) is 4.68. The fourth-order valence-electron chi connectivity index (χ4n) is 1.82. The highest BCUT2D eigenvalue weighted by Crippen LogP contribution is 2.17. The molecule has 1 fully saturated rings. The summed E-state index contributed by atoms with van der Waals surface area (Å²) in [7, 11) is 0. The lowest BCUT2D eigenvalue weighted by atomic mass is 10.2. The van der Waals surface area contributed by atoms with Gasteiger partial charge in [-0.15, -0.1) is 0 Å². The lowest BCUT2D eigenvalue weighted by Crippen LogP contribution is -2.33. The quantitative estimate of drug-likeness (QED) is 0.887. The molecule has 2 heterocycles. The third kappa shape index (κ3) is 3.89. The number of thioether (sulfide) groups is 1. The highest BCUT2D eigenvalue weighted by molar-refractivity contribution is 7.99. The van der Waals surface area contributed by atoms with Crippen molar-refractivity contribution < 1.29 is 0 Å². The third-order valence-electron chi connectivity index (χ3n) is 2.86. The van der Waals surface area contributed by atoms with Crippen LogP contribution in [0.1, 0.15) is 19.4 Å². The minimum absolute atomic E-state index is 0.522. The minimum atomic E-state index is 0.522. The third-order valence-corrected chi connectivity index (χ3v) is 3.80. The van der Waals surface area contributed by atoms with Crippen LogP contribution in [0.2, 0.25) is 0 Å². The summed E-state index contributed by atoms with van der Waals surface area (Å²) < 4.78 is 0. The Morgan fingerprint density at radius 2 is 2.12 bits per heavy atom. The molecule has 1 aliphatic heterocycles. The smallest absolute Gasteiger partial charge is 0.128 e. The van der Waals surface area contributed by atoms with Crippen molar-refractivity contribution in [2.45, 2.75) is 26.4 Å². The number of nitrogens with one attached hydrogen (secondary N) is 1. The minimum Gasteiger partial charge on any atom is -0.355 e. The highest BCUT2D eigenvalue weighted by atomic mass is 32.2. The van der Waals surface area contributed by atoms with Crippen molar-refractivity contribution in [1.82, 2.24) is 10.3 Å². The fraction of sp³-hybridized carbons (Fsp3) is 0.615. The van der Waals surface area contributed by atoms with Crippen molar-refractivity contribution >= 4 is 17.6 Å². The van der Waals surface area contributed by atoms with Crippen LogP contribution in [0.25, 0.3) is 0 Å². The molecule has 0 saturated carbocycles. The molecule has 3 nitrogen and oxygen atoms in total. The molecule has 2 rings (SSSR count). The van der Waals surface area contributed by atoms with Gasteiger partial charge in [0.05, 0.1) is 0 Å². The predicted molar refractivity (Wildman–Crippen MR) is 75.8 cm³/mol. The van der Waals surface area contributed by atoms with E-state index in [0.29, 0.717) is 6.04 Å². The van der Waals surface area contributed by atoms with E-state index in [2.05, 4.69) is 41.2 Å². The molecule has 0 aromatic carbocycles. The van der Waals surface area contributed by atoms with Gasteiger partial charge in [0.2, 0.25) is 0 Å². The molecule has 0 amide bonds. The monoisotopic (exact) mass is 251 g/mol. The number of hydrogen-bond donors (Lipinski definition) is 1. The summed E-state index contributed by atoms with van der Waals surface area (Å²) in [4.78, 5) is 6.93. The maximum Gasteiger partial charge on any atom is 0.128 e. The first-order valence-corrected chi connectivity index (χ1v) is 7.42. The van der Waals surface area contributed by atoms with Crippen LogP contribution >= 0.6 is 11.8 Å². The van der Waals surface area contributed by atoms with Gasteiger partial charge in [0.25, 0.3) is 0 Å². The maximum atomic E-state index is 4.56. The Morgan fingerprint density at radius 3 is 2.71 bits per heavy atom. The van der Waals surface area contributed by atoms with Gasteiger partial charge in [-0.25, -0.2) is 4.98 Å². The van der Waals surface area contributed by atoms with Crippen LogP contribution in [-0.2, 0) is 6.54 Å². The van der Waals surface area contributed by atoms with Gasteiger partial charge >= 0.3 is 0 Å². The second-order valence-corrected chi connectivity index (χ2v) is 5.88. The molecule has 0 unspecified atom stereocenters. The van der Waals surface area contributed by atoms with Crippen LogP contribution in [0.5, 0.6) is 0 Å². The maximum absolute atomic E-state index is 4.56. The summed E-state index contributed by atoms with van der Waals surface area (Å²) in [6.07, 6.45) is 1.99. The SMILES string of the molecule is CC(C)NCc1ccc(N2CCSCC2)nc1. The molecule has 1 aromatic heterocycles. The molecule has 1 aromatic rings. The number of hydrogen-bond acceptors (Lipinski definition) is 4. The summed E-state index contributed by atoms with van der Waals surface area (Å²) >= 11 is 2.03.